The summed E-state index contributed by atoms with van der Waals surface area (Å²) in [5, 5.41) is 0. The predicted octanol–water partition coefficient (Wildman–Crippen LogP) is 3.45. The highest BCUT2D eigenvalue weighted by molar-refractivity contribution is 5.89. The lowest BCUT2D eigenvalue weighted by Gasteiger charge is -2.12. The second-order valence-corrected chi connectivity index (χ2v) is 3.73. The third-order valence-electron chi connectivity index (χ3n) is 2.26. The highest BCUT2D eigenvalue weighted by Crippen LogP contribution is 2.17. The van der Waals surface area contributed by atoms with Crippen molar-refractivity contribution in [1.82, 2.24) is 0 Å². The van der Waals surface area contributed by atoms with Gasteiger partial charge in [0.1, 0.15) is 0 Å². The fourth-order valence-corrected chi connectivity index (χ4v) is 1.40. The van der Waals surface area contributed by atoms with Crippen molar-refractivity contribution >= 4 is 5.97 Å². The fraction of sp³-hybridized carbons (Fsp3) is 0.417. The number of halogens is 3. The first-order valence-corrected chi connectivity index (χ1v) is 5.31. The van der Waals surface area contributed by atoms with Crippen molar-refractivity contribution in [1.29, 1.82) is 0 Å². The number of esters is 1. The van der Waals surface area contributed by atoms with Gasteiger partial charge in [-0.3, -0.25) is 0 Å². The van der Waals surface area contributed by atoms with Crippen LogP contribution in [0.25, 0.3) is 0 Å². The molecule has 17 heavy (non-hydrogen) atoms. The van der Waals surface area contributed by atoms with Crippen molar-refractivity contribution < 1.29 is 22.7 Å². The standard InChI is InChI=1S/C12H13F3O2/c1-3-4-7(2)17-12(16)8-5-6-9(13)11(15)10(8)14/h5-7H,3-4H2,1-2H3. The van der Waals surface area contributed by atoms with Gasteiger partial charge in [0.15, 0.2) is 17.5 Å². The van der Waals surface area contributed by atoms with E-state index in [-0.39, 0.29) is 6.10 Å². The molecule has 0 aliphatic carbocycles. The van der Waals surface area contributed by atoms with Gasteiger partial charge in [0.25, 0.3) is 0 Å². The minimum Gasteiger partial charge on any atom is -0.459 e. The van der Waals surface area contributed by atoms with Gasteiger partial charge >= 0.3 is 5.97 Å². The molecule has 0 radical (unpaired) electrons. The van der Waals surface area contributed by atoms with Gasteiger partial charge in [-0.25, -0.2) is 18.0 Å². The quantitative estimate of drug-likeness (QED) is 0.600. The fourth-order valence-electron chi connectivity index (χ4n) is 1.40. The highest BCUT2D eigenvalue weighted by atomic mass is 19.2. The predicted molar refractivity (Wildman–Crippen MR) is 56.1 cm³/mol. The van der Waals surface area contributed by atoms with E-state index in [1.54, 1.807) is 6.92 Å². The third-order valence-corrected chi connectivity index (χ3v) is 2.26. The Morgan fingerprint density at radius 2 is 1.94 bits per heavy atom. The van der Waals surface area contributed by atoms with E-state index in [0.717, 1.165) is 12.5 Å². The van der Waals surface area contributed by atoms with Crippen LogP contribution in [0.1, 0.15) is 37.0 Å². The van der Waals surface area contributed by atoms with Crippen LogP contribution < -0.4 is 0 Å². The lowest BCUT2D eigenvalue weighted by molar-refractivity contribution is 0.0317. The van der Waals surface area contributed by atoms with Crippen molar-refractivity contribution in [3.63, 3.8) is 0 Å². The normalized spacial score (nSPS) is 12.3. The summed E-state index contributed by atoms with van der Waals surface area (Å²) in [7, 11) is 0. The summed E-state index contributed by atoms with van der Waals surface area (Å²) in [6.45, 7) is 3.56. The van der Waals surface area contributed by atoms with E-state index in [0.29, 0.717) is 12.5 Å². The molecule has 0 aliphatic heterocycles. The minimum absolute atomic E-state index is 0.389. The van der Waals surface area contributed by atoms with Crippen molar-refractivity contribution in [2.45, 2.75) is 32.8 Å². The Morgan fingerprint density at radius 3 is 2.53 bits per heavy atom. The SMILES string of the molecule is CCCC(C)OC(=O)c1ccc(F)c(F)c1F. The van der Waals surface area contributed by atoms with E-state index in [1.807, 2.05) is 6.92 Å². The van der Waals surface area contributed by atoms with Crippen LogP contribution in [0.5, 0.6) is 0 Å². The van der Waals surface area contributed by atoms with Gasteiger partial charge in [-0.1, -0.05) is 13.3 Å². The molecule has 1 unspecified atom stereocenters. The van der Waals surface area contributed by atoms with E-state index in [2.05, 4.69) is 0 Å². The Hall–Kier alpha value is -1.52. The van der Waals surface area contributed by atoms with Crippen molar-refractivity contribution in [3.8, 4) is 0 Å². The van der Waals surface area contributed by atoms with Gasteiger partial charge in [0, 0.05) is 0 Å². The second-order valence-electron chi connectivity index (χ2n) is 3.73. The zero-order valence-electron chi connectivity index (χ0n) is 9.60. The molecule has 1 atom stereocenters. The van der Waals surface area contributed by atoms with E-state index in [1.165, 1.54) is 0 Å². The van der Waals surface area contributed by atoms with Crippen molar-refractivity contribution in [2.75, 3.05) is 0 Å². The third kappa shape index (κ3) is 3.22. The first kappa shape index (κ1) is 13.5. The molecule has 1 rings (SSSR count). The Balaban J connectivity index is 2.86. The molecule has 0 spiro atoms. The maximum Gasteiger partial charge on any atom is 0.341 e. The minimum atomic E-state index is -1.66. The van der Waals surface area contributed by atoms with E-state index in [4.69, 9.17) is 4.74 Å². The molecule has 0 saturated carbocycles. The molecule has 0 bridgehead atoms. The number of hydrogen-bond acceptors (Lipinski definition) is 2. The highest BCUT2D eigenvalue weighted by Gasteiger charge is 2.21. The smallest absolute Gasteiger partial charge is 0.341 e. The number of rotatable bonds is 4. The number of carbonyl (C=O) groups excluding carboxylic acids is 1. The summed E-state index contributed by atoms with van der Waals surface area (Å²) in [6.07, 6.45) is 1.03. The summed E-state index contributed by atoms with van der Waals surface area (Å²) in [5.74, 6) is -5.50. The van der Waals surface area contributed by atoms with Crippen LogP contribution in [0.4, 0.5) is 13.2 Å². The summed E-state index contributed by atoms with van der Waals surface area (Å²) in [4.78, 5) is 11.5. The molecular weight excluding hydrogens is 233 g/mol. The van der Waals surface area contributed by atoms with Gasteiger partial charge in [0.2, 0.25) is 0 Å². The zero-order chi connectivity index (χ0) is 13.0. The summed E-state index contributed by atoms with van der Waals surface area (Å²) < 4.78 is 43.6. The van der Waals surface area contributed by atoms with E-state index < -0.39 is 29.0 Å². The van der Waals surface area contributed by atoms with Crippen LogP contribution in [-0.2, 0) is 4.74 Å². The average molecular weight is 246 g/mol. The summed E-state index contributed by atoms with van der Waals surface area (Å²) >= 11 is 0. The molecule has 0 aliphatic rings. The average Bonchev–Trinajstić information content (AvgIpc) is 2.26. The Bertz CT molecular complexity index is 418. The molecule has 0 N–H and O–H groups in total. The van der Waals surface area contributed by atoms with Crippen molar-refractivity contribution in [3.05, 3.63) is 35.1 Å². The van der Waals surface area contributed by atoms with Gasteiger partial charge in [-0.15, -0.1) is 0 Å². The van der Waals surface area contributed by atoms with Crippen LogP contribution in [0, 0.1) is 17.5 Å². The monoisotopic (exact) mass is 246 g/mol. The van der Waals surface area contributed by atoms with Crippen LogP contribution >= 0.6 is 0 Å². The maximum atomic E-state index is 13.2. The molecule has 5 heteroatoms. The van der Waals surface area contributed by atoms with Gasteiger partial charge in [-0.2, -0.15) is 0 Å². The van der Waals surface area contributed by atoms with Crippen LogP contribution in [-0.4, -0.2) is 12.1 Å². The Kier molecular flexibility index (Phi) is 4.54. The number of hydrogen-bond donors (Lipinski definition) is 0. The number of benzene rings is 1. The molecule has 1 aromatic carbocycles. The Morgan fingerprint density at radius 1 is 1.29 bits per heavy atom. The van der Waals surface area contributed by atoms with E-state index >= 15 is 0 Å². The number of ether oxygens (including phenoxy) is 1. The first-order valence-electron chi connectivity index (χ1n) is 5.31. The molecule has 94 valence electrons. The topological polar surface area (TPSA) is 26.3 Å². The molecule has 0 heterocycles. The van der Waals surface area contributed by atoms with E-state index in [9.17, 15) is 18.0 Å². The lowest BCUT2D eigenvalue weighted by atomic mass is 10.2. The second kappa shape index (κ2) is 5.70. The molecular formula is C12H13F3O2. The van der Waals surface area contributed by atoms with Gasteiger partial charge < -0.3 is 4.74 Å². The maximum absolute atomic E-state index is 13.2. The van der Waals surface area contributed by atoms with Crippen LogP contribution in [0.3, 0.4) is 0 Å². The van der Waals surface area contributed by atoms with Crippen LogP contribution in [0.2, 0.25) is 0 Å². The first-order chi connectivity index (χ1) is 7.97. The molecule has 0 saturated heterocycles. The molecule has 0 aromatic heterocycles. The van der Waals surface area contributed by atoms with Crippen LogP contribution in [0.15, 0.2) is 12.1 Å². The van der Waals surface area contributed by atoms with Crippen molar-refractivity contribution in [2.24, 2.45) is 0 Å². The molecule has 0 amide bonds. The zero-order valence-corrected chi connectivity index (χ0v) is 9.60. The lowest BCUT2D eigenvalue weighted by Crippen LogP contribution is -2.16. The summed E-state index contributed by atoms with van der Waals surface area (Å²) in [6, 6.07) is 1.56. The van der Waals surface area contributed by atoms with Gasteiger partial charge in [-0.05, 0) is 25.5 Å². The molecule has 2 nitrogen and oxygen atoms in total. The molecule has 1 aromatic rings. The largest absolute Gasteiger partial charge is 0.459 e. The van der Waals surface area contributed by atoms with Gasteiger partial charge in [0.05, 0.1) is 11.7 Å². The Labute approximate surface area is 97.4 Å². The summed E-state index contributed by atoms with van der Waals surface area (Å²) in [5.41, 5.74) is -0.591. The number of carbonyl (C=O) groups is 1. The molecule has 0 fully saturated rings.